The molecule has 0 heterocycles. The summed E-state index contributed by atoms with van der Waals surface area (Å²) in [4.78, 5) is 0. The van der Waals surface area contributed by atoms with Crippen LogP contribution in [0.2, 0.25) is 0 Å². The van der Waals surface area contributed by atoms with Gasteiger partial charge in [0, 0.05) is 0 Å². The molecular formula is C9H10BrFO. The van der Waals surface area contributed by atoms with Crippen molar-refractivity contribution >= 4 is 15.9 Å². The molecule has 0 aliphatic rings. The monoisotopic (exact) mass is 232 g/mol. The number of aryl methyl sites for hydroxylation is 1. The minimum absolute atomic E-state index is 0.310. The van der Waals surface area contributed by atoms with Gasteiger partial charge in [-0.1, -0.05) is 13.3 Å². The molecule has 0 aliphatic heterocycles. The molecule has 0 saturated carbocycles. The standard InChI is InChI=1S/C9H10BrFO/c1-2-3-6-4-7(10)9(12)8(11)5-6/h4-5,12H,2-3H2,1H3. The highest BCUT2D eigenvalue weighted by Crippen LogP contribution is 2.28. The highest BCUT2D eigenvalue weighted by molar-refractivity contribution is 9.10. The van der Waals surface area contributed by atoms with Crippen molar-refractivity contribution in [3.05, 3.63) is 28.0 Å². The van der Waals surface area contributed by atoms with Gasteiger partial charge >= 0.3 is 0 Å². The number of phenolic OH excluding ortho intramolecular Hbond substituents is 1. The fourth-order valence-corrected chi connectivity index (χ4v) is 1.53. The Morgan fingerprint density at radius 1 is 1.50 bits per heavy atom. The minimum atomic E-state index is -0.562. The van der Waals surface area contributed by atoms with Crippen molar-refractivity contribution in [2.24, 2.45) is 0 Å². The molecule has 1 nitrogen and oxygen atoms in total. The number of hydrogen-bond acceptors (Lipinski definition) is 1. The fourth-order valence-electron chi connectivity index (χ4n) is 1.05. The Bertz CT molecular complexity index is 263. The van der Waals surface area contributed by atoms with Gasteiger partial charge in [0.2, 0.25) is 0 Å². The highest BCUT2D eigenvalue weighted by atomic mass is 79.9. The van der Waals surface area contributed by atoms with E-state index in [1.807, 2.05) is 6.92 Å². The minimum Gasteiger partial charge on any atom is -0.504 e. The van der Waals surface area contributed by atoms with Crippen molar-refractivity contribution in [1.82, 2.24) is 0 Å². The Morgan fingerprint density at radius 3 is 2.67 bits per heavy atom. The van der Waals surface area contributed by atoms with Gasteiger partial charge in [-0.15, -0.1) is 0 Å². The second kappa shape index (κ2) is 3.90. The van der Waals surface area contributed by atoms with Crippen LogP contribution < -0.4 is 0 Å². The molecule has 0 spiro atoms. The van der Waals surface area contributed by atoms with Crippen molar-refractivity contribution in [3.63, 3.8) is 0 Å². The molecule has 1 aromatic rings. The van der Waals surface area contributed by atoms with E-state index in [4.69, 9.17) is 5.11 Å². The molecule has 0 amide bonds. The summed E-state index contributed by atoms with van der Waals surface area (Å²) in [5.74, 6) is -0.873. The first-order valence-electron chi connectivity index (χ1n) is 3.82. The van der Waals surface area contributed by atoms with Gasteiger partial charge in [-0.3, -0.25) is 0 Å². The number of rotatable bonds is 2. The molecule has 0 unspecified atom stereocenters. The van der Waals surface area contributed by atoms with Crippen LogP contribution in [-0.2, 0) is 6.42 Å². The summed E-state index contributed by atoms with van der Waals surface area (Å²) in [6.07, 6.45) is 1.80. The molecule has 0 aliphatic carbocycles. The molecule has 0 saturated heterocycles. The molecule has 66 valence electrons. The van der Waals surface area contributed by atoms with Crippen molar-refractivity contribution in [2.45, 2.75) is 19.8 Å². The lowest BCUT2D eigenvalue weighted by molar-refractivity contribution is 0.428. The van der Waals surface area contributed by atoms with Crippen molar-refractivity contribution in [2.75, 3.05) is 0 Å². The van der Waals surface area contributed by atoms with Gasteiger partial charge in [-0.05, 0) is 40.0 Å². The lowest BCUT2D eigenvalue weighted by atomic mass is 10.1. The van der Waals surface area contributed by atoms with Crippen molar-refractivity contribution in [1.29, 1.82) is 0 Å². The predicted molar refractivity (Wildman–Crippen MR) is 49.8 cm³/mol. The van der Waals surface area contributed by atoms with E-state index >= 15 is 0 Å². The summed E-state index contributed by atoms with van der Waals surface area (Å²) in [7, 11) is 0. The summed E-state index contributed by atoms with van der Waals surface area (Å²) in [6.45, 7) is 2.03. The Kier molecular flexibility index (Phi) is 3.09. The third-order valence-corrected chi connectivity index (χ3v) is 2.22. The number of halogens is 2. The zero-order chi connectivity index (χ0) is 9.14. The van der Waals surface area contributed by atoms with Crippen molar-refractivity contribution in [3.8, 4) is 5.75 Å². The fraction of sp³-hybridized carbons (Fsp3) is 0.333. The zero-order valence-corrected chi connectivity index (χ0v) is 8.36. The lowest BCUT2D eigenvalue weighted by Gasteiger charge is -2.02. The second-order valence-electron chi connectivity index (χ2n) is 2.66. The molecule has 1 aromatic carbocycles. The molecule has 0 aromatic heterocycles. The van der Waals surface area contributed by atoms with E-state index in [2.05, 4.69) is 15.9 Å². The third kappa shape index (κ3) is 1.97. The molecule has 0 radical (unpaired) electrons. The zero-order valence-electron chi connectivity index (χ0n) is 6.77. The van der Waals surface area contributed by atoms with Crippen LogP contribution in [0, 0.1) is 5.82 Å². The Balaban J connectivity index is 3.04. The Labute approximate surface area is 79.4 Å². The smallest absolute Gasteiger partial charge is 0.166 e. The van der Waals surface area contributed by atoms with Crippen LogP contribution in [0.3, 0.4) is 0 Å². The number of hydrogen-bond donors (Lipinski definition) is 1. The van der Waals surface area contributed by atoms with Crippen LogP contribution in [-0.4, -0.2) is 5.11 Å². The van der Waals surface area contributed by atoms with E-state index < -0.39 is 5.82 Å². The van der Waals surface area contributed by atoms with E-state index in [-0.39, 0.29) is 5.75 Å². The van der Waals surface area contributed by atoms with E-state index in [0.29, 0.717) is 4.47 Å². The largest absolute Gasteiger partial charge is 0.504 e. The van der Waals surface area contributed by atoms with Gasteiger partial charge in [0.1, 0.15) is 0 Å². The maximum Gasteiger partial charge on any atom is 0.166 e. The van der Waals surface area contributed by atoms with E-state index in [1.165, 1.54) is 6.07 Å². The van der Waals surface area contributed by atoms with Crippen LogP contribution in [0.1, 0.15) is 18.9 Å². The number of phenols is 1. The average Bonchev–Trinajstić information content (AvgIpc) is 2.01. The SMILES string of the molecule is CCCc1cc(F)c(O)c(Br)c1. The summed E-state index contributed by atoms with van der Waals surface area (Å²) in [6, 6.07) is 3.10. The summed E-state index contributed by atoms with van der Waals surface area (Å²) in [5, 5.41) is 9.08. The lowest BCUT2D eigenvalue weighted by Crippen LogP contribution is -1.86. The summed E-state index contributed by atoms with van der Waals surface area (Å²) < 4.78 is 13.3. The third-order valence-electron chi connectivity index (χ3n) is 1.62. The Morgan fingerprint density at radius 2 is 2.17 bits per heavy atom. The van der Waals surface area contributed by atoms with Gasteiger partial charge in [0.25, 0.3) is 0 Å². The molecule has 0 fully saturated rings. The first kappa shape index (κ1) is 9.52. The second-order valence-corrected chi connectivity index (χ2v) is 3.51. The molecular weight excluding hydrogens is 223 g/mol. The summed E-state index contributed by atoms with van der Waals surface area (Å²) >= 11 is 3.08. The molecule has 12 heavy (non-hydrogen) atoms. The van der Waals surface area contributed by atoms with E-state index in [9.17, 15) is 4.39 Å². The van der Waals surface area contributed by atoms with Gasteiger partial charge < -0.3 is 5.11 Å². The number of benzene rings is 1. The van der Waals surface area contributed by atoms with Crippen LogP contribution in [0.4, 0.5) is 4.39 Å². The van der Waals surface area contributed by atoms with Gasteiger partial charge in [-0.2, -0.15) is 0 Å². The highest BCUT2D eigenvalue weighted by Gasteiger charge is 2.06. The summed E-state index contributed by atoms with van der Waals surface area (Å²) in [5.41, 5.74) is 0.902. The first-order chi connectivity index (χ1) is 5.65. The van der Waals surface area contributed by atoms with Gasteiger partial charge in [0.15, 0.2) is 11.6 Å². The van der Waals surface area contributed by atoms with E-state index in [1.54, 1.807) is 6.07 Å². The van der Waals surface area contributed by atoms with Crippen LogP contribution in [0.5, 0.6) is 5.75 Å². The quantitative estimate of drug-likeness (QED) is 0.831. The van der Waals surface area contributed by atoms with Crippen LogP contribution in [0.15, 0.2) is 16.6 Å². The van der Waals surface area contributed by atoms with Crippen LogP contribution >= 0.6 is 15.9 Å². The average molecular weight is 233 g/mol. The van der Waals surface area contributed by atoms with Gasteiger partial charge in [-0.25, -0.2) is 4.39 Å². The topological polar surface area (TPSA) is 20.2 Å². The first-order valence-corrected chi connectivity index (χ1v) is 4.61. The van der Waals surface area contributed by atoms with Crippen LogP contribution in [0.25, 0.3) is 0 Å². The molecule has 1 N–H and O–H groups in total. The maximum atomic E-state index is 12.9. The van der Waals surface area contributed by atoms with Gasteiger partial charge in [0.05, 0.1) is 4.47 Å². The van der Waals surface area contributed by atoms with Crippen molar-refractivity contribution < 1.29 is 9.50 Å². The predicted octanol–water partition coefficient (Wildman–Crippen LogP) is 3.25. The molecule has 1 rings (SSSR count). The Hall–Kier alpha value is -0.570. The van der Waals surface area contributed by atoms with E-state index in [0.717, 1.165) is 18.4 Å². The molecule has 3 heteroatoms. The number of aromatic hydroxyl groups is 1. The normalized spacial score (nSPS) is 10.2. The molecule has 0 atom stereocenters. The maximum absolute atomic E-state index is 12.9. The molecule has 0 bridgehead atoms.